The van der Waals surface area contributed by atoms with Crippen LogP contribution in [0.3, 0.4) is 0 Å². The molecule has 2 heterocycles. The predicted molar refractivity (Wildman–Crippen MR) is 113 cm³/mol. The van der Waals surface area contributed by atoms with Crippen LogP contribution in [0.25, 0.3) is 22.3 Å². The number of pyridine rings is 1. The minimum atomic E-state index is 0.0740. The summed E-state index contributed by atoms with van der Waals surface area (Å²) in [5.41, 5.74) is 3.06. The summed E-state index contributed by atoms with van der Waals surface area (Å²) < 4.78 is 5.91. The second-order valence-corrected chi connectivity index (χ2v) is 6.82. The zero-order valence-corrected chi connectivity index (χ0v) is 16.0. The second kappa shape index (κ2) is 8.05. The fraction of sp³-hybridized carbons (Fsp3) is 0.174. The zero-order chi connectivity index (χ0) is 19.3. The Morgan fingerprint density at radius 2 is 1.68 bits per heavy atom. The topological polar surface area (TPSA) is 59.9 Å². The van der Waals surface area contributed by atoms with Gasteiger partial charge in [0.2, 0.25) is 0 Å². The monoisotopic (exact) mass is 370 g/mol. The van der Waals surface area contributed by atoms with Gasteiger partial charge in [-0.25, -0.2) is 9.97 Å². The van der Waals surface area contributed by atoms with Crippen LogP contribution in [0.1, 0.15) is 12.5 Å². The van der Waals surface area contributed by atoms with E-state index in [1.54, 1.807) is 12.4 Å². The van der Waals surface area contributed by atoms with Crippen molar-refractivity contribution in [2.24, 2.45) is 0 Å². The van der Waals surface area contributed by atoms with Crippen molar-refractivity contribution in [2.75, 3.05) is 11.9 Å². The van der Waals surface area contributed by atoms with E-state index in [0.29, 0.717) is 12.4 Å². The average Bonchev–Trinajstić information content (AvgIpc) is 2.74. The standard InChI is InChI=1S/C23H22N4O/c1-16-7-9-19(10-8-16)28-15-17(2)25-23-20-5-3-4-6-21(20)26-22(27-23)18-11-13-24-14-12-18/h3-14,17H,15H2,1-2H3,(H,25,26,27). The lowest BCUT2D eigenvalue weighted by molar-refractivity contribution is 0.304. The van der Waals surface area contributed by atoms with Crippen LogP contribution in [0, 0.1) is 6.92 Å². The Morgan fingerprint density at radius 1 is 0.929 bits per heavy atom. The van der Waals surface area contributed by atoms with Crippen LogP contribution < -0.4 is 10.1 Å². The van der Waals surface area contributed by atoms with E-state index in [1.165, 1.54) is 5.56 Å². The molecule has 0 spiro atoms. The van der Waals surface area contributed by atoms with E-state index in [4.69, 9.17) is 14.7 Å². The molecule has 0 saturated heterocycles. The van der Waals surface area contributed by atoms with Crippen molar-refractivity contribution in [2.45, 2.75) is 19.9 Å². The summed E-state index contributed by atoms with van der Waals surface area (Å²) in [6.07, 6.45) is 3.50. The Labute approximate surface area is 164 Å². The molecule has 5 heteroatoms. The Hall–Kier alpha value is -3.47. The van der Waals surface area contributed by atoms with E-state index in [1.807, 2.05) is 60.7 Å². The first-order valence-electron chi connectivity index (χ1n) is 9.32. The summed E-state index contributed by atoms with van der Waals surface area (Å²) in [5, 5.41) is 4.47. The van der Waals surface area contributed by atoms with Crippen molar-refractivity contribution in [3.63, 3.8) is 0 Å². The molecule has 1 unspecified atom stereocenters. The van der Waals surface area contributed by atoms with Crippen molar-refractivity contribution >= 4 is 16.7 Å². The van der Waals surface area contributed by atoms with Crippen molar-refractivity contribution < 1.29 is 4.74 Å². The van der Waals surface area contributed by atoms with Gasteiger partial charge in [0, 0.05) is 23.3 Å². The fourth-order valence-corrected chi connectivity index (χ4v) is 2.95. The lowest BCUT2D eigenvalue weighted by Crippen LogP contribution is -2.24. The number of nitrogens with one attached hydrogen (secondary N) is 1. The van der Waals surface area contributed by atoms with Gasteiger partial charge in [-0.05, 0) is 50.2 Å². The molecule has 0 aliphatic rings. The molecular weight excluding hydrogens is 348 g/mol. The van der Waals surface area contributed by atoms with Gasteiger partial charge in [0.15, 0.2) is 5.82 Å². The zero-order valence-electron chi connectivity index (χ0n) is 16.0. The Kier molecular flexibility index (Phi) is 5.15. The third-order valence-electron chi connectivity index (χ3n) is 4.45. The van der Waals surface area contributed by atoms with E-state index in [2.05, 4.69) is 24.1 Å². The van der Waals surface area contributed by atoms with Gasteiger partial charge in [0.25, 0.3) is 0 Å². The maximum absolute atomic E-state index is 5.91. The summed E-state index contributed by atoms with van der Waals surface area (Å²) in [6.45, 7) is 4.68. The molecule has 1 N–H and O–H groups in total. The molecule has 5 nitrogen and oxygen atoms in total. The number of rotatable bonds is 6. The number of fused-ring (bicyclic) bond motifs is 1. The van der Waals surface area contributed by atoms with Crippen LogP contribution in [0.15, 0.2) is 73.1 Å². The minimum Gasteiger partial charge on any atom is -0.491 e. The summed E-state index contributed by atoms with van der Waals surface area (Å²) in [7, 11) is 0. The van der Waals surface area contributed by atoms with Gasteiger partial charge >= 0.3 is 0 Å². The second-order valence-electron chi connectivity index (χ2n) is 6.82. The van der Waals surface area contributed by atoms with E-state index in [9.17, 15) is 0 Å². The van der Waals surface area contributed by atoms with E-state index < -0.39 is 0 Å². The SMILES string of the molecule is Cc1ccc(OCC(C)Nc2nc(-c3ccncc3)nc3ccccc23)cc1. The quantitative estimate of drug-likeness (QED) is 0.524. The number of nitrogens with zero attached hydrogens (tertiary/aromatic N) is 3. The molecule has 0 saturated carbocycles. The number of benzene rings is 2. The number of hydrogen-bond donors (Lipinski definition) is 1. The summed E-state index contributed by atoms with van der Waals surface area (Å²) in [6, 6.07) is 20.0. The van der Waals surface area contributed by atoms with Crippen molar-refractivity contribution in [1.29, 1.82) is 0 Å². The van der Waals surface area contributed by atoms with Crippen molar-refractivity contribution in [3.05, 3.63) is 78.6 Å². The number of hydrogen-bond acceptors (Lipinski definition) is 5. The highest BCUT2D eigenvalue weighted by Crippen LogP contribution is 2.25. The van der Waals surface area contributed by atoms with Crippen molar-refractivity contribution in [3.8, 4) is 17.1 Å². The number of anilines is 1. The summed E-state index contributed by atoms with van der Waals surface area (Å²) in [5.74, 6) is 2.34. The van der Waals surface area contributed by atoms with E-state index in [-0.39, 0.29) is 6.04 Å². The van der Waals surface area contributed by atoms with E-state index >= 15 is 0 Å². The molecule has 1 atom stereocenters. The fourth-order valence-electron chi connectivity index (χ4n) is 2.95. The minimum absolute atomic E-state index is 0.0740. The third-order valence-corrected chi connectivity index (χ3v) is 4.45. The molecule has 0 aliphatic carbocycles. The molecule has 0 amide bonds. The predicted octanol–water partition coefficient (Wildman–Crippen LogP) is 4.88. The van der Waals surface area contributed by atoms with Gasteiger partial charge in [-0.2, -0.15) is 0 Å². The lowest BCUT2D eigenvalue weighted by atomic mass is 10.2. The Morgan fingerprint density at radius 3 is 2.46 bits per heavy atom. The molecule has 0 radical (unpaired) electrons. The highest BCUT2D eigenvalue weighted by molar-refractivity contribution is 5.90. The van der Waals surface area contributed by atoms with Gasteiger partial charge in [-0.3, -0.25) is 4.98 Å². The average molecular weight is 370 g/mol. The molecule has 4 rings (SSSR count). The molecule has 2 aromatic carbocycles. The molecule has 4 aromatic rings. The van der Waals surface area contributed by atoms with Crippen LogP contribution >= 0.6 is 0 Å². The molecule has 0 aliphatic heterocycles. The van der Waals surface area contributed by atoms with Crippen molar-refractivity contribution in [1.82, 2.24) is 15.0 Å². The summed E-state index contributed by atoms with van der Waals surface area (Å²) in [4.78, 5) is 13.6. The Balaban J connectivity index is 1.57. The maximum atomic E-state index is 5.91. The molecule has 140 valence electrons. The summed E-state index contributed by atoms with van der Waals surface area (Å²) >= 11 is 0. The first kappa shape index (κ1) is 17.9. The number of ether oxygens (including phenoxy) is 1. The van der Waals surface area contributed by atoms with Gasteiger partial charge in [-0.1, -0.05) is 29.8 Å². The highest BCUT2D eigenvalue weighted by atomic mass is 16.5. The molecule has 0 fully saturated rings. The van der Waals surface area contributed by atoms with Crippen LogP contribution in [0.5, 0.6) is 5.75 Å². The first-order chi connectivity index (χ1) is 13.7. The first-order valence-corrected chi connectivity index (χ1v) is 9.32. The van der Waals surface area contributed by atoms with E-state index in [0.717, 1.165) is 28.0 Å². The lowest BCUT2D eigenvalue weighted by Gasteiger charge is -2.17. The molecule has 28 heavy (non-hydrogen) atoms. The number of aromatic nitrogens is 3. The van der Waals surface area contributed by atoms with Crippen LogP contribution in [-0.2, 0) is 0 Å². The molecule has 0 bridgehead atoms. The largest absolute Gasteiger partial charge is 0.491 e. The van der Waals surface area contributed by atoms with Gasteiger partial charge in [-0.15, -0.1) is 0 Å². The molecule has 2 aromatic heterocycles. The maximum Gasteiger partial charge on any atom is 0.162 e. The number of para-hydroxylation sites is 1. The van der Waals surface area contributed by atoms with Crippen LogP contribution in [-0.4, -0.2) is 27.6 Å². The molecular formula is C23H22N4O. The normalized spacial score (nSPS) is 11.9. The Bertz CT molecular complexity index is 1060. The van der Waals surface area contributed by atoms with Gasteiger partial charge in [0.1, 0.15) is 18.2 Å². The number of aryl methyl sites for hydroxylation is 1. The van der Waals surface area contributed by atoms with Gasteiger partial charge in [0.05, 0.1) is 11.6 Å². The third kappa shape index (κ3) is 4.09. The smallest absolute Gasteiger partial charge is 0.162 e. The highest BCUT2D eigenvalue weighted by Gasteiger charge is 2.12. The van der Waals surface area contributed by atoms with Gasteiger partial charge < -0.3 is 10.1 Å². The van der Waals surface area contributed by atoms with Crippen LogP contribution in [0.4, 0.5) is 5.82 Å². The van der Waals surface area contributed by atoms with Crippen LogP contribution in [0.2, 0.25) is 0 Å².